The minimum absolute atomic E-state index is 0.238. The number of rotatable bonds is 4. The number of halogens is 1. The maximum absolute atomic E-state index is 14.6. The predicted molar refractivity (Wildman–Crippen MR) is 143 cm³/mol. The van der Waals surface area contributed by atoms with Gasteiger partial charge in [0.2, 0.25) is 0 Å². The molecule has 0 aliphatic rings. The highest BCUT2D eigenvalue weighted by Gasteiger charge is 2.16. The van der Waals surface area contributed by atoms with Crippen molar-refractivity contribution in [2.24, 2.45) is 0 Å². The molecule has 4 heterocycles. The number of aromatic nitrogens is 5. The van der Waals surface area contributed by atoms with E-state index in [2.05, 4.69) is 30.5 Å². The van der Waals surface area contributed by atoms with Gasteiger partial charge in [-0.2, -0.15) is 5.10 Å². The molecule has 6 aromatic rings. The lowest BCUT2D eigenvalue weighted by Gasteiger charge is -2.12. The topological polar surface area (TPSA) is 103 Å². The fourth-order valence-electron chi connectivity index (χ4n) is 4.37. The summed E-state index contributed by atoms with van der Waals surface area (Å²) in [6.07, 6.45) is 5.04. The average Bonchev–Trinajstić information content (AvgIpc) is 3.53. The lowest BCUT2D eigenvalue weighted by molar-refractivity contribution is 0.230. The summed E-state index contributed by atoms with van der Waals surface area (Å²) in [6.45, 7) is 0. The molecule has 0 aliphatic heterocycles. The van der Waals surface area contributed by atoms with Gasteiger partial charge < -0.3 is 15.2 Å². The fraction of sp³-hybridized carbons (Fsp3) is 0.0714. The van der Waals surface area contributed by atoms with Crippen LogP contribution >= 0.6 is 0 Å². The van der Waals surface area contributed by atoms with E-state index in [-0.39, 0.29) is 11.8 Å². The summed E-state index contributed by atoms with van der Waals surface area (Å²) in [5.41, 5.74) is 6.60. The SMILES string of the molecule is CN(C)C(=O)Nc1cncc(-c2cnc3n[nH]c(-c4cc5c(-c6ccccc6F)cccc5[nH]4)c3c2)c1. The van der Waals surface area contributed by atoms with E-state index in [1.165, 1.54) is 11.0 Å². The van der Waals surface area contributed by atoms with Crippen LogP contribution in [0.4, 0.5) is 14.9 Å². The zero-order valence-electron chi connectivity index (χ0n) is 20.1. The number of amides is 2. The first kappa shape index (κ1) is 22.4. The van der Waals surface area contributed by atoms with Crippen LogP contribution in [0.15, 0.2) is 79.3 Å². The van der Waals surface area contributed by atoms with E-state index < -0.39 is 0 Å². The van der Waals surface area contributed by atoms with Gasteiger partial charge in [0, 0.05) is 59.5 Å². The van der Waals surface area contributed by atoms with Crippen molar-refractivity contribution in [2.45, 2.75) is 0 Å². The molecule has 2 amide bonds. The maximum Gasteiger partial charge on any atom is 0.321 e. The summed E-state index contributed by atoms with van der Waals surface area (Å²) < 4.78 is 14.6. The summed E-state index contributed by atoms with van der Waals surface area (Å²) in [6, 6.07) is 18.1. The van der Waals surface area contributed by atoms with Gasteiger partial charge in [-0.05, 0) is 35.9 Å². The Labute approximate surface area is 211 Å². The van der Waals surface area contributed by atoms with E-state index >= 15 is 0 Å². The first-order valence-electron chi connectivity index (χ1n) is 11.6. The van der Waals surface area contributed by atoms with Crippen molar-refractivity contribution in [3.8, 4) is 33.6 Å². The summed E-state index contributed by atoms with van der Waals surface area (Å²) in [4.78, 5) is 25.7. The third kappa shape index (κ3) is 4.06. The molecule has 0 saturated carbocycles. The molecule has 6 rings (SSSR count). The zero-order valence-corrected chi connectivity index (χ0v) is 20.1. The normalized spacial score (nSPS) is 11.2. The van der Waals surface area contributed by atoms with Gasteiger partial charge in [-0.25, -0.2) is 14.2 Å². The van der Waals surface area contributed by atoms with Crippen LogP contribution in [-0.2, 0) is 0 Å². The second-order valence-electron chi connectivity index (χ2n) is 8.91. The number of fused-ring (bicyclic) bond motifs is 2. The molecule has 2 aromatic carbocycles. The Balaban J connectivity index is 1.42. The van der Waals surface area contributed by atoms with Crippen molar-refractivity contribution in [3.05, 3.63) is 85.1 Å². The largest absolute Gasteiger partial charge is 0.353 e. The summed E-state index contributed by atoms with van der Waals surface area (Å²) in [5, 5.41) is 12.0. The number of benzene rings is 2. The maximum atomic E-state index is 14.6. The number of hydrogen-bond acceptors (Lipinski definition) is 4. The standard InChI is InChI=1S/C28H22FN7O/c1-36(2)28(37)32-18-10-16(13-30-15-18)17-11-22-26(34-35-27(22)31-14-17)25-12-21-19(7-5-9-24(21)33-25)20-6-3-4-8-23(20)29/h3-15,33H,1-2H3,(H,32,37)(H,31,34,35). The molecular formula is C28H22FN7O. The monoisotopic (exact) mass is 491 g/mol. The van der Waals surface area contributed by atoms with Crippen LogP contribution in [0.25, 0.3) is 55.6 Å². The summed E-state index contributed by atoms with van der Waals surface area (Å²) in [5.74, 6) is -0.267. The molecule has 9 heteroatoms. The zero-order chi connectivity index (χ0) is 25.5. The van der Waals surface area contributed by atoms with E-state index in [1.807, 2.05) is 42.5 Å². The summed E-state index contributed by atoms with van der Waals surface area (Å²) >= 11 is 0. The molecule has 0 spiro atoms. The highest BCUT2D eigenvalue weighted by Crippen LogP contribution is 2.35. The van der Waals surface area contributed by atoms with Gasteiger partial charge >= 0.3 is 6.03 Å². The molecule has 37 heavy (non-hydrogen) atoms. The van der Waals surface area contributed by atoms with Gasteiger partial charge in [-0.15, -0.1) is 0 Å². The molecule has 0 fully saturated rings. The third-order valence-electron chi connectivity index (χ3n) is 6.24. The van der Waals surface area contributed by atoms with Crippen LogP contribution in [0.5, 0.6) is 0 Å². The van der Waals surface area contributed by atoms with Gasteiger partial charge in [0.25, 0.3) is 0 Å². The van der Waals surface area contributed by atoms with Gasteiger partial charge in [0.05, 0.1) is 23.3 Å². The molecule has 0 radical (unpaired) electrons. The van der Waals surface area contributed by atoms with E-state index in [4.69, 9.17) is 0 Å². The molecule has 0 saturated heterocycles. The lowest BCUT2D eigenvalue weighted by Crippen LogP contribution is -2.27. The molecule has 0 unspecified atom stereocenters. The Kier molecular flexibility index (Phi) is 5.37. The number of carbonyl (C=O) groups excluding carboxylic acids is 1. The van der Waals surface area contributed by atoms with Crippen LogP contribution < -0.4 is 5.32 Å². The Morgan fingerprint density at radius 2 is 1.73 bits per heavy atom. The number of nitrogens with one attached hydrogen (secondary N) is 3. The van der Waals surface area contributed by atoms with Crippen LogP contribution in [0.1, 0.15) is 0 Å². The van der Waals surface area contributed by atoms with Crippen LogP contribution in [-0.4, -0.2) is 50.2 Å². The van der Waals surface area contributed by atoms with Crippen LogP contribution in [0.3, 0.4) is 0 Å². The van der Waals surface area contributed by atoms with Gasteiger partial charge in [0.1, 0.15) is 5.82 Å². The number of carbonyl (C=O) groups is 1. The highest BCUT2D eigenvalue weighted by molar-refractivity contribution is 6.01. The van der Waals surface area contributed by atoms with Crippen molar-refractivity contribution in [1.82, 2.24) is 30.0 Å². The van der Waals surface area contributed by atoms with Crippen molar-refractivity contribution < 1.29 is 9.18 Å². The Bertz CT molecular complexity index is 1790. The number of urea groups is 1. The Hall–Kier alpha value is -5.05. The summed E-state index contributed by atoms with van der Waals surface area (Å²) in [7, 11) is 3.35. The van der Waals surface area contributed by atoms with Crippen LogP contribution in [0, 0.1) is 5.82 Å². The number of anilines is 1. The predicted octanol–water partition coefficient (Wildman–Crippen LogP) is 6.07. The van der Waals surface area contributed by atoms with E-state index in [9.17, 15) is 9.18 Å². The van der Waals surface area contributed by atoms with Crippen molar-refractivity contribution in [3.63, 3.8) is 0 Å². The fourth-order valence-corrected chi connectivity index (χ4v) is 4.37. The second-order valence-corrected chi connectivity index (χ2v) is 8.91. The van der Waals surface area contributed by atoms with E-state index in [1.54, 1.807) is 44.8 Å². The molecule has 4 aromatic heterocycles. The minimum Gasteiger partial charge on any atom is -0.353 e. The van der Waals surface area contributed by atoms with Crippen molar-refractivity contribution in [1.29, 1.82) is 0 Å². The Morgan fingerprint density at radius 3 is 2.57 bits per heavy atom. The number of pyridine rings is 2. The molecule has 0 aliphatic carbocycles. The first-order chi connectivity index (χ1) is 18.0. The minimum atomic E-state index is -0.267. The lowest BCUT2D eigenvalue weighted by atomic mass is 10.0. The highest BCUT2D eigenvalue weighted by atomic mass is 19.1. The van der Waals surface area contributed by atoms with Crippen molar-refractivity contribution >= 4 is 33.7 Å². The van der Waals surface area contributed by atoms with Gasteiger partial charge in [-0.1, -0.05) is 30.3 Å². The van der Waals surface area contributed by atoms with E-state index in [0.29, 0.717) is 16.9 Å². The van der Waals surface area contributed by atoms with Crippen LogP contribution in [0.2, 0.25) is 0 Å². The number of hydrogen-bond donors (Lipinski definition) is 3. The average molecular weight is 492 g/mol. The van der Waals surface area contributed by atoms with Gasteiger partial charge in [-0.3, -0.25) is 10.1 Å². The molecule has 182 valence electrons. The quantitative estimate of drug-likeness (QED) is 0.279. The van der Waals surface area contributed by atoms with Gasteiger partial charge in [0.15, 0.2) is 5.65 Å². The Morgan fingerprint density at radius 1 is 0.919 bits per heavy atom. The molecule has 8 nitrogen and oxygen atoms in total. The number of H-pyrrole nitrogens is 2. The second kappa shape index (κ2) is 8.87. The molecule has 0 bridgehead atoms. The molecular weight excluding hydrogens is 469 g/mol. The molecule has 3 N–H and O–H groups in total. The first-order valence-corrected chi connectivity index (χ1v) is 11.6. The third-order valence-corrected chi connectivity index (χ3v) is 6.24. The van der Waals surface area contributed by atoms with Crippen molar-refractivity contribution in [2.75, 3.05) is 19.4 Å². The number of nitrogens with zero attached hydrogens (tertiary/aromatic N) is 4. The number of aromatic amines is 2. The molecule has 0 atom stereocenters. The van der Waals surface area contributed by atoms with E-state index in [0.717, 1.165) is 44.4 Å². The smallest absolute Gasteiger partial charge is 0.321 e.